The molecule has 0 aliphatic rings. The molecule has 3 N–H and O–H groups in total. The summed E-state index contributed by atoms with van der Waals surface area (Å²) in [4.78, 5) is 0. The van der Waals surface area contributed by atoms with Crippen molar-refractivity contribution in [1.29, 1.82) is 0 Å². The van der Waals surface area contributed by atoms with Crippen LogP contribution in [0.4, 0.5) is 0 Å². The average molecular weight is 448 g/mol. The first-order valence-electron chi connectivity index (χ1n) is 9.01. The number of methoxy groups -OCH3 is 1. The highest BCUT2D eigenvalue weighted by atomic mass is 35.5. The van der Waals surface area contributed by atoms with Crippen molar-refractivity contribution < 1.29 is 14.6 Å². The topological polar surface area (TPSA) is 62.8 Å². The fourth-order valence-electron chi connectivity index (χ4n) is 2.61. The molecule has 8 heteroatoms. The minimum absolute atomic E-state index is 0.156. The van der Waals surface area contributed by atoms with E-state index in [2.05, 4.69) is 10.6 Å². The third-order valence-corrected chi connectivity index (χ3v) is 5.03. The summed E-state index contributed by atoms with van der Waals surface area (Å²) in [5.41, 5.74) is 1.69. The van der Waals surface area contributed by atoms with Crippen LogP contribution in [0.15, 0.2) is 30.3 Å². The highest BCUT2D eigenvalue weighted by Gasteiger charge is 2.14. The van der Waals surface area contributed by atoms with Gasteiger partial charge in [-0.15, -0.1) is 0 Å². The van der Waals surface area contributed by atoms with Crippen LogP contribution in [0, 0.1) is 0 Å². The van der Waals surface area contributed by atoms with Gasteiger partial charge in [-0.1, -0.05) is 40.9 Å². The van der Waals surface area contributed by atoms with E-state index in [1.54, 1.807) is 25.3 Å². The maximum Gasteiger partial charge on any atom is 0.180 e. The van der Waals surface area contributed by atoms with E-state index in [9.17, 15) is 0 Å². The molecule has 0 fully saturated rings. The number of nitrogens with one attached hydrogen (secondary N) is 2. The van der Waals surface area contributed by atoms with Crippen molar-refractivity contribution >= 4 is 34.8 Å². The number of halogens is 3. The van der Waals surface area contributed by atoms with E-state index in [1.807, 2.05) is 12.1 Å². The molecule has 0 bridgehead atoms. The number of ether oxygens (including phenoxy) is 2. The molecule has 0 amide bonds. The van der Waals surface area contributed by atoms with Gasteiger partial charge in [0.25, 0.3) is 0 Å². The molecule has 5 nitrogen and oxygen atoms in total. The molecule has 0 radical (unpaired) electrons. The second-order valence-corrected chi connectivity index (χ2v) is 7.32. The minimum atomic E-state index is 0.156. The van der Waals surface area contributed by atoms with Crippen molar-refractivity contribution in [2.45, 2.75) is 19.6 Å². The molecule has 2 rings (SSSR count). The normalized spacial score (nSPS) is 10.9. The van der Waals surface area contributed by atoms with Crippen molar-refractivity contribution in [2.75, 3.05) is 33.4 Å². The van der Waals surface area contributed by atoms with Crippen LogP contribution >= 0.6 is 34.8 Å². The monoisotopic (exact) mass is 446 g/mol. The van der Waals surface area contributed by atoms with Crippen LogP contribution in [0.2, 0.25) is 15.1 Å². The van der Waals surface area contributed by atoms with E-state index in [0.717, 1.165) is 25.1 Å². The Bertz CT molecular complexity index is 739. The molecule has 0 unspecified atom stereocenters. The highest BCUT2D eigenvalue weighted by molar-refractivity contribution is 6.36. The van der Waals surface area contributed by atoms with E-state index in [0.29, 0.717) is 45.2 Å². The Hall–Kier alpha value is -1.21. The highest BCUT2D eigenvalue weighted by Crippen LogP contribution is 2.38. The number of aliphatic hydroxyl groups is 1. The van der Waals surface area contributed by atoms with Crippen LogP contribution in [0.1, 0.15) is 17.5 Å². The van der Waals surface area contributed by atoms with Gasteiger partial charge in [0.05, 0.1) is 18.7 Å². The number of aliphatic hydroxyl groups excluding tert-OH is 1. The first-order valence-corrected chi connectivity index (χ1v) is 10.1. The fraction of sp³-hybridized carbons (Fsp3) is 0.400. The lowest BCUT2D eigenvalue weighted by Gasteiger charge is -2.15. The maximum atomic E-state index is 8.72. The Labute approximate surface area is 180 Å². The van der Waals surface area contributed by atoms with Crippen molar-refractivity contribution in [3.05, 3.63) is 56.5 Å². The van der Waals surface area contributed by atoms with E-state index < -0.39 is 0 Å². The zero-order valence-electron chi connectivity index (χ0n) is 15.7. The molecular weight excluding hydrogens is 423 g/mol. The van der Waals surface area contributed by atoms with Gasteiger partial charge >= 0.3 is 0 Å². The fourth-order valence-corrected chi connectivity index (χ4v) is 3.40. The summed E-state index contributed by atoms with van der Waals surface area (Å²) < 4.78 is 11.3. The summed E-state index contributed by atoms with van der Waals surface area (Å²) in [6.45, 7) is 3.33. The molecule has 2 aromatic carbocycles. The molecule has 0 spiro atoms. The van der Waals surface area contributed by atoms with Gasteiger partial charge in [0, 0.05) is 28.7 Å². The summed E-state index contributed by atoms with van der Waals surface area (Å²) in [6.07, 6.45) is 0.963. The standard InChI is InChI=1S/C20H25Cl3N2O3/c1-27-19-11-14(12-25-7-3-6-24-8-9-26)10-18(23)20(19)28-13-15-16(21)4-2-5-17(15)22/h2,4-5,10-11,24-26H,3,6-9,12-13H2,1H3. The SMILES string of the molecule is COc1cc(CNCCCNCCO)cc(Cl)c1OCc1c(Cl)cccc1Cl. The van der Waals surface area contributed by atoms with Gasteiger partial charge in [-0.2, -0.15) is 0 Å². The van der Waals surface area contributed by atoms with E-state index in [-0.39, 0.29) is 13.2 Å². The quantitative estimate of drug-likeness (QED) is 0.424. The Morgan fingerprint density at radius 2 is 1.68 bits per heavy atom. The number of hydrogen-bond acceptors (Lipinski definition) is 5. The number of rotatable bonds is 12. The molecule has 0 saturated carbocycles. The van der Waals surface area contributed by atoms with Crippen LogP contribution in [0.5, 0.6) is 11.5 Å². The lowest BCUT2D eigenvalue weighted by molar-refractivity contribution is 0.284. The van der Waals surface area contributed by atoms with E-state index in [1.165, 1.54) is 0 Å². The zero-order valence-corrected chi connectivity index (χ0v) is 18.0. The van der Waals surface area contributed by atoms with Crippen molar-refractivity contribution in [3.8, 4) is 11.5 Å². The molecule has 2 aromatic rings. The third kappa shape index (κ3) is 6.99. The van der Waals surface area contributed by atoms with Crippen molar-refractivity contribution in [3.63, 3.8) is 0 Å². The lowest BCUT2D eigenvalue weighted by Crippen LogP contribution is -2.23. The molecule has 154 valence electrons. The smallest absolute Gasteiger partial charge is 0.180 e. The minimum Gasteiger partial charge on any atom is -0.493 e. The third-order valence-electron chi connectivity index (χ3n) is 4.04. The molecule has 0 aliphatic carbocycles. The number of hydrogen-bond donors (Lipinski definition) is 3. The average Bonchev–Trinajstić information content (AvgIpc) is 2.67. The second kappa shape index (κ2) is 12.4. The molecule has 0 aliphatic heterocycles. The summed E-state index contributed by atoms with van der Waals surface area (Å²) in [5.74, 6) is 1.01. The van der Waals surface area contributed by atoms with Crippen LogP contribution in [-0.2, 0) is 13.2 Å². The van der Waals surface area contributed by atoms with Gasteiger partial charge < -0.3 is 25.2 Å². The molecule has 28 heavy (non-hydrogen) atoms. The van der Waals surface area contributed by atoms with Gasteiger partial charge in [0.1, 0.15) is 6.61 Å². The summed E-state index contributed by atoms with van der Waals surface area (Å²) in [5, 5.41) is 16.8. The Kier molecular flexibility index (Phi) is 10.2. The Morgan fingerprint density at radius 3 is 2.36 bits per heavy atom. The zero-order chi connectivity index (χ0) is 20.4. The summed E-state index contributed by atoms with van der Waals surface area (Å²) in [6, 6.07) is 9.06. The molecule has 0 aromatic heterocycles. The Balaban J connectivity index is 1.95. The van der Waals surface area contributed by atoms with Gasteiger partial charge in [0.2, 0.25) is 0 Å². The van der Waals surface area contributed by atoms with E-state index >= 15 is 0 Å². The molecule has 0 heterocycles. The largest absolute Gasteiger partial charge is 0.493 e. The van der Waals surface area contributed by atoms with Crippen molar-refractivity contribution in [2.24, 2.45) is 0 Å². The summed E-state index contributed by atoms with van der Waals surface area (Å²) in [7, 11) is 1.57. The van der Waals surface area contributed by atoms with Gasteiger partial charge in [-0.05, 0) is 49.3 Å². The van der Waals surface area contributed by atoms with Crippen molar-refractivity contribution in [1.82, 2.24) is 10.6 Å². The Morgan fingerprint density at radius 1 is 0.964 bits per heavy atom. The molecular formula is C20H25Cl3N2O3. The number of benzene rings is 2. The first kappa shape index (κ1) is 23.1. The summed E-state index contributed by atoms with van der Waals surface area (Å²) >= 11 is 18.8. The van der Waals surface area contributed by atoms with E-state index in [4.69, 9.17) is 49.4 Å². The van der Waals surface area contributed by atoms with Crippen LogP contribution in [0.25, 0.3) is 0 Å². The van der Waals surface area contributed by atoms with Crippen LogP contribution in [0.3, 0.4) is 0 Å². The lowest BCUT2D eigenvalue weighted by atomic mass is 10.2. The van der Waals surface area contributed by atoms with Gasteiger partial charge in [0.15, 0.2) is 11.5 Å². The molecule has 0 atom stereocenters. The predicted octanol–water partition coefficient (Wildman–Crippen LogP) is 4.30. The first-order chi connectivity index (χ1) is 13.6. The maximum absolute atomic E-state index is 8.72. The molecule has 0 saturated heterocycles. The van der Waals surface area contributed by atoms with Crippen LogP contribution < -0.4 is 20.1 Å². The predicted molar refractivity (Wildman–Crippen MR) is 115 cm³/mol. The second-order valence-electron chi connectivity index (χ2n) is 6.10. The van der Waals surface area contributed by atoms with Crippen LogP contribution in [-0.4, -0.2) is 38.5 Å². The van der Waals surface area contributed by atoms with Gasteiger partial charge in [-0.3, -0.25) is 0 Å². The van der Waals surface area contributed by atoms with Gasteiger partial charge in [-0.25, -0.2) is 0 Å².